The Kier molecular flexibility index (Phi) is 5.18. The first-order valence-corrected chi connectivity index (χ1v) is 8.11. The first kappa shape index (κ1) is 16.8. The zero-order chi connectivity index (χ0) is 17.6. The van der Waals surface area contributed by atoms with Gasteiger partial charge in [-0.05, 0) is 31.2 Å². The fourth-order valence-electron chi connectivity index (χ4n) is 2.56. The Bertz CT molecular complexity index is 849. The Labute approximate surface area is 145 Å². The van der Waals surface area contributed by atoms with Crippen LogP contribution in [-0.4, -0.2) is 22.6 Å². The molecule has 1 aromatic heterocycles. The molecule has 0 spiro atoms. The van der Waals surface area contributed by atoms with E-state index in [9.17, 15) is 9.18 Å². The average Bonchev–Trinajstić information content (AvgIpc) is 3.11. The van der Waals surface area contributed by atoms with E-state index in [0.717, 1.165) is 5.69 Å². The van der Waals surface area contributed by atoms with E-state index in [4.69, 9.17) is 4.42 Å². The smallest absolute Gasteiger partial charge is 0.250 e. The van der Waals surface area contributed by atoms with E-state index in [-0.39, 0.29) is 23.8 Å². The Morgan fingerprint density at radius 1 is 1.08 bits per heavy atom. The minimum atomic E-state index is -0.421. The number of nitrogens with zero attached hydrogens (tertiary/aromatic N) is 3. The quantitative estimate of drug-likeness (QED) is 0.684. The van der Waals surface area contributed by atoms with Crippen molar-refractivity contribution in [3.05, 3.63) is 66.3 Å². The van der Waals surface area contributed by atoms with Crippen LogP contribution < -0.4 is 4.90 Å². The van der Waals surface area contributed by atoms with Crippen LogP contribution in [0.4, 0.5) is 10.1 Å². The maximum atomic E-state index is 13.7. The molecule has 0 aliphatic carbocycles. The number of hydrogen-bond acceptors (Lipinski definition) is 4. The Balaban J connectivity index is 1.66. The van der Waals surface area contributed by atoms with Gasteiger partial charge >= 0.3 is 0 Å². The van der Waals surface area contributed by atoms with Crippen molar-refractivity contribution in [1.82, 2.24) is 10.2 Å². The summed E-state index contributed by atoms with van der Waals surface area (Å²) >= 11 is 0. The normalized spacial score (nSPS) is 10.6. The molecule has 6 heteroatoms. The molecule has 128 valence electrons. The highest BCUT2D eigenvalue weighted by atomic mass is 19.1. The van der Waals surface area contributed by atoms with E-state index >= 15 is 0 Å². The van der Waals surface area contributed by atoms with Gasteiger partial charge in [-0.25, -0.2) is 4.39 Å². The van der Waals surface area contributed by atoms with Crippen molar-refractivity contribution in [2.24, 2.45) is 0 Å². The number of halogens is 1. The van der Waals surface area contributed by atoms with E-state index in [1.807, 2.05) is 37.3 Å². The highest BCUT2D eigenvalue weighted by Gasteiger charge is 2.17. The zero-order valence-electron chi connectivity index (χ0n) is 13.9. The molecule has 0 fully saturated rings. The molecule has 25 heavy (non-hydrogen) atoms. The van der Waals surface area contributed by atoms with E-state index < -0.39 is 5.82 Å². The second kappa shape index (κ2) is 7.70. The number of hydrogen-bond donors (Lipinski definition) is 0. The molecule has 0 bridgehead atoms. The molecule has 0 atom stereocenters. The highest BCUT2D eigenvalue weighted by Crippen LogP contribution is 2.21. The van der Waals surface area contributed by atoms with Gasteiger partial charge in [0, 0.05) is 25.1 Å². The zero-order valence-corrected chi connectivity index (χ0v) is 13.9. The number of rotatable bonds is 6. The molecule has 1 heterocycles. The molecule has 0 saturated heterocycles. The first-order chi connectivity index (χ1) is 12.2. The SMILES string of the molecule is CCN(C(=O)CCc1nnc(-c2ccccc2F)o1)c1ccccc1. The minimum Gasteiger partial charge on any atom is -0.421 e. The van der Waals surface area contributed by atoms with Gasteiger partial charge < -0.3 is 9.32 Å². The van der Waals surface area contributed by atoms with Crippen molar-refractivity contribution in [2.45, 2.75) is 19.8 Å². The first-order valence-electron chi connectivity index (χ1n) is 8.11. The van der Waals surface area contributed by atoms with Gasteiger partial charge in [-0.1, -0.05) is 30.3 Å². The van der Waals surface area contributed by atoms with Crippen molar-refractivity contribution in [3.8, 4) is 11.5 Å². The standard InChI is InChI=1S/C19H18FN3O2/c1-2-23(14-8-4-3-5-9-14)18(24)13-12-17-21-22-19(25-17)15-10-6-7-11-16(15)20/h3-11H,2,12-13H2,1H3. The predicted octanol–water partition coefficient (Wildman–Crippen LogP) is 3.86. The van der Waals surface area contributed by atoms with E-state index in [2.05, 4.69) is 10.2 Å². The Morgan fingerprint density at radius 3 is 2.52 bits per heavy atom. The lowest BCUT2D eigenvalue weighted by Gasteiger charge is -2.20. The van der Waals surface area contributed by atoms with Crippen LogP contribution in [0, 0.1) is 5.82 Å². The van der Waals surface area contributed by atoms with E-state index in [1.165, 1.54) is 6.07 Å². The lowest BCUT2D eigenvalue weighted by Crippen LogP contribution is -2.30. The monoisotopic (exact) mass is 339 g/mol. The van der Waals surface area contributed by atoms with Gasteiger partial charge in [0.1, 0.15) is 5.82 Å². The van der Waals surface area contributed by atoms with Gasteiger partial charge in [-0.15, -0.1) is 10.2 Å². The van der Waals surface area contributed by atoms with Crippen molar-refractivity contribution in [1.29, 1.82) is 0 Å². The van der Waals surface area contributed by atoms with Crippen LogP contribution in [-0.2, 0) is 11.2 Å². The van der Waals surface area contributed by atoms with Crippen LogP contribution in [0.5, 0.6) is 0 Å². The second-order valence-corrected chi connectivity index (χ2v) is 5.45. The lowest BCUT2D eigenvalue weighted by atomic mass is 10.2. The summed E-state index contributed by atoms with van der Waals surface area (Å²) in [6.07, 6.45) is 0.547. The second-order valence-electron chi connectivity index (χ2n) is 5.45. The fraction of sp³-hybridized carbons (Fsp3) is 0.211. The molecule has 0 N–H and O–H groups in total. The fourth-order valence-corrected chi connectivity index (χ4v) is 2.56. The van der Waals surface area contributed by atoms with E-state index in [0.29, 0.717) is 18.9 Å². The summed E-state index contributed by atoms with van der Waals surface area (Å²) < 4.78 is 19.2. The molecule has 0 aliphatic rings. The molecule has 0 unspecified atom stereocenters. The topological polar surface area (TPSA) is 59.2 Å². The van der Waals surface area contributed by atoms with Gasteiger partial charge in [0.25, 0.3) is 5.89 Å². The number of aromatic nitrogens is 2. The summed E-state index contributed by atoms with van der Waals surface area (Å²) in [6, 6.07) is 15.7. The van der Waals surface area contributed by atoms with Crippen molar-refractivity contribution < 1.29 is 13.6 Å². The molecule has 3 rings (SSSR count). The van der Waals surface area contributed by atoms with Crippen LogP contribution in [0.1, 0.15) is 19.2 Å². The van der Waals surface area contributed by atoms with Gasteiger partial charge in [-0.2, -0.15) is 0 Å². The molecule has 5 nitrogen and oxygen atoms in total. The number of aryl methyl sites for hydroxylation is 1. The lowest BCUT2D eigenvalue weighted by molar-refractivity contribution is -0.118. The number of anilines is 1. The predicted molar refractivity (Wildman–Crippen MR) is 92.5 cm³/mol. The summed E-state index contributed by atoms with van der Waals surface area (Å²) in [4.78, 5) is 14.2. The van der Waals surface area contributed by atoms with Crippen molar-refractivity contribution in [2.75, 3.05) is 11.4 Å². The van der Waals surface area contributed by atoms with E-state index in [1.54, 1.807) is 23.1 Å². The Morgan fingerprint density at radius 2 is 1.80 bits per heavy atom. The maximum Gasteiger partial charge on any atom is 0.250 e. The van der Waals surface area contributed by atoms with Gasteiger partial charge in [0.15, 0.2) is 0 Å². The summed E-state index contributed by atoms with van der Waals surface area (Å²) in [5.41, 5.74) is 1.11. The van der Waals surface area contributed by atoms with Gasteiger partial charge in [0.05, 0.1) is 5.56 Å². The minimum absolute atomic E-state index is 0.0284. The number of amides is 1. The van der Waals surface area contributed by atoms with Gasteiger partial charge in [-0.3, -0.25) is 4.79 Å². The molecular formula is C19H18FN3O2. The number of benzene rings is 2. The number of carbonyl (C=O) groups is 1. The summed E-state index contributed by atoms with van der Waals surface area (Å²) in [5, 5.41) is 7.78. The van der Waals surface area contributed by atoms with Crippen LogP contribution in [0.3, 0.4) is 0 Å². The molecular weight excluding hydrogens is 321 g/mol. The molecule has 3 aromatic rings. The van der Waals surface area contributed by atoms with Crippen molar-refractivity contribution >= 4 is 11.6 Å². The summed E-state index contributed by atoms with van der Waals surface area (Å²) in [5.74, 6) is -0.0129. The highest BCUT2D eigenvalue weighted by molar-refractivity contribution is 5.93. The molecule has 0 saturated carbocycles. The summed E-state index contributed by atoms with van der Waals surface area (Å²) in [7, 11) is 0. The largest absolute Gasteiger partial charge is 0.421 e. The third kappa shape index (κ3) is 3.91. The number of para-hydroxylation sites is 1. The third-order valence-electron chi connectivity index (χ3n) is 3.81. The third-order valence-corrected chi connectivity index (χ3v) is 3.81. The maximum absolute atomic E-state index is 13.7. The Hall–Kier alpha value is -3.02. The average molecular weight is 339 g/mol. The molecule has 0 aliphatic heterocycles. The molecule has 0 radical (unpaired) electrons. The van der Waals surface area contributed by atoms with Crippen LogP contribution >= 0.6 is 0 Å². The van der Waals surface area contributed by atoms with Crippen LogP contribution in [0.2, 0.25) is 0 Å². The number of carbonyl (C=O) groups excluding carboxylic acids is 1. The molecule has 2 aromatic carbocycles. The van der Waals surface area contributed by atoms with Crippen molar-refractivity contribution in [3.63, 3.8) is 0 Å². The van der Waals surface area contributed by atoms with Gasteiger partial charge in [0.2, 0.25) is 11.8 Å². The summed E-state index contributed by atoms with van der Waals surface area (Å²) in [6.45, 7) is 2.50. The molecule has 1 amide bonds. The van der Waals surface area contributed by atoms with Crippen LogP contribution in [0.15, 0.2) is 59.0 Å². The van der Waals surface area contributed by atoms with Crippen LogP contribution in [0.25, 0.3) is 11.5 Å².